The van der Waals surface area contributed by atoms with Crippen molar-refractivity contribution in [3.05, 3.63) is 91.0 Å². The van der Waals surface area contributed by atoms with Crippen LogP contribution in [-0.4, -0.2) is 0 Å². The second-order valence-electron chi connectivity index (χ2n) is 4.78. The molecule has 0 spiro atoms. The Morgan fingerprint density at radius 2 is 1.00 bits per heavy atom. The Balaban J connectivity index is 1.87. The molecule has 0 aliphatic carbocycles. The molecule has 3 rings (SSSR count). The van der Waals surface area contributed by atoms with Crippen LogP contribution in [0, 0.1) is 0 Å². The smallest absolute Gasteiger partial charge is 0.413 e. The zero-order valence-corrected chi connectivity index (χ0v) is 14.2. The minimum Gasteiger partial charge on any atom is -0.413 e. The summed E-state index contributed by atoms with van der Waals surface area (Å²) in [5.74, 6) is 1.07. The molecule has 0 aliphatic rings. The number of hydrogen-bond acceptors (Lipinski definition) is 3. The summed E-state index contributed by atoms with van der Waals surface area (Å²) in [6, 6.07) is 27.8. The summed E-state index contributed by atoms with van der Waals surface area (Å²) < 4.78 is 24.8. The number of rotatable bonds is 6. The van der Waals surface area contributed by atoms with Gasteiger partial charge < -0.3 is 9.05 Å². The molecule has 23 heavy (non-hydrogen) atoms. The van der Waals surface area contributed by atoms with E-state index in [1.165, 1.54) is 0 Å². The molecular formula is C18H16O3P2. The molecule has 0 saturated carbocycles. The molecule has 1 atom stereocenters. The third-order valence-corrected chi connectivity index (χ3v) is 6.89. The molecule has 0 radical (unpaired) electrons. The van der Waals surface area contributed by atoms with Gasteiger partial charge in [-0.25, -0.2) is 4.57 Å². The van der Waals surface area contributed by atoms with E-state index in [1.807, 2.05) is 66.7 Å². The first-order valence-electron chi connectivity index (χ1n) is 7.16. The van der Waals surface area contributed by atoms with Gasteiger partial charge in [0.05, 0.1) is 8.27 Å². The Bertz CT molecular complexity index is 669. The van der Waals surface area contributed by atoms with Gasteiger partial charge >= 0.3 is 7.28 Å². The minimum atomic E-state index is -3.36. The van der Waals surface area contributed by atoms with Gasteiger partial charge in [0.2, 0.25) is 0 Å². The highest BCUT2D eigenvalue weighted by molar-refractivity contribution is 8.23. The summed E-state index contributed by atoms with van der Waals surface area (Å²) in [5.41, 5.74) is 0. The highest BCUT2D eigenvalue weighted by atomic mass is 32.1. The van der Waals surface area contributed by atoms with Crippen molar-refractivity contribution in [3.8, 4) is 11.5 Å². The summed E-state index contributed by atoms with van der Waals surface area (Å²) in [5, 5.41) is 0.933. The van der Waals surface area contributed by atoms with Crippen molar-refractivity contribution in [1.29, 1.82) is 0 Å². The average Bonchev–Trinajstić information content (AvgIpc) is 2.57. The molecule has 0 saturated heterocycles. The fourth-order valence-corrected chi connectivity index (χ4v) is 5.86. The summed E-state index contributed by atoms with van der Waals surface area (Å²) in [6.45, 7) is 0. The maximum atomic E-state index is 13.3. The minimum absolute atomic E-state index is 0.0893. The van der Waals surface area contributed by atoms with Crippen LogP contribution in [0.15, 0.2) is 91.0 Å². The van der Waals surface area contributed by atoms with Gasteiger partial charge in [0.15, 0.2) is 0 Å². The largest absolute Gasteiger partial charge is 0.450 e. The van der Waals surface area contributed by atoms with E-state index in [1.54, 1.807) is 24.3 Å². The Morgan fingerprint density at radius 1 is 0.609 bits per heavy atom. The Hall–Kier alpha value is -2.08. The van der Waals surface area contributed by atoms with Crippen molar-refractivity contribution in [2.24, 2.45) is 0 Å². The van der Waals surface area contributed by atoms with Crippen molar-refractivity contribution < 1.29 is 13.6 Å². The third kappa shape index (κ3) is 4.69. The van der Waals surface area contributed by atoms with Gasteiger partial charge in [-0.05, 0) is 29.6 Å². The number of para-hydroxylation sites is 2. The lowest BCUT2D eigenvalue weighted by Crippen LogP contribution is -2.01. The van der Waals surface area contributed by atoms with Gasteiger partial charge in [-0.1, -0.05) is 66.7 Å². The second kappa shape index (κ2) is 7.46. The summed E-state index contributed by atoms with van der Waals surface area (Å²) in [6.07, 6.45) is 0. The lowest BCUT2D eigenvalue weighted by molar-refractivity contribution is 0.407. The van der Waals surface area contributed by atoms with Gasteiger partial charge in [-0.2, -0.15) is 0 Å². The molecule has 3 aromatic carbocycles. The average molecular weight is 342 g/mol. The summed E-state index contributed by atoms with van der Waals surface area (Å²) in [4.78, 5) is 0. The van der Waals surface area contributed by atoms with Crippen LogP contribution in [0.5, 0.6) is 11.5 Å². The van der Waals surface area contributed by atoms with Gasteiger partial charge in [-0.15, -0.1) is 0 Å². The van der Waals surface area contributed by atoms with Crippen LogP contribution in [0.3, 0.4) is 0 Å². The maximum Gasteiger partial charge on any atom is 0.450 e. The maximum absolute atomic E-state index is 13.3. The number of hydrogen-bond donors (Lipinski definition) is 0. The number of benzene rings is 3. The molecule has 0 aliphatic heterocycles. The topological polar surface area (TPSA) is 35.5 Å². The van der Waals surface area contributed by atoms with Crippen LogP contribution in [0.2, 0.25) is 0 Å². The first-order valence-corrected chi connectivity index (χ1v) is 10.5. The lowest BCUT2D eigenvalue weighted by Gasteiger charge is -2.20. The standard InChI is InChI=1S/C18H16O3P2/c19-23(20-16-10-4-1-5-11-16,21-17-12-6-2-7-13-17)22-18-14-8-3-9-15-18/h1-15,22H. The molecular weight excluding hydrogens is 326 g/mol. The first kappa shape index (κ1) is 15.8. The summed E-state index contributed by atoms with van der Waals surface area (Å²) in [7, 11) is -3.45. The lowest BCUT2D eigenvalue weighted by atomic mass is 10.3. The predicted molar refractivity (Wildman–Crippen MR) is 96.1 cm³/mol. The first-order chi connectivity index (χ1) is 11.2. The van der Waals surface area contributed by atoms with Crippen LogP contribution in [0.25, 0.3) is 0 Å². The molecule has 0 N–H and O–H groups in total. The van der Waals surface area contributed by atoms with Crippen molar-refractivity contribution >= 4 is 20.9 Å². The van der Waals surface area contributed by atoms with Crippen LogP contribution < -0.4 is 14.4 Å². The molecule has 0 fully saturated rings. The van der Waals surface area contributed by atoms with Crippen LogP contribution in [-0.2, 0) is 4.57 Å². The van der Waals surface area contributed by atoms with E-state index >= 15 is 0 Å². The Morgan fingerprint density at radius 3 is 1.43 bits per heavy atom. The van der Waals surface area contributed by atoms with Crippen molar-refractivity contribution in [2.45, 2.75) is 0 Å². The molecule has 3 nitrogen and oxygen atoms in total. The van der Waals surface area contributed by atoms with Gasteiger partial charge in [0.25, 0.3) is 0 Å². The normalized spacial score (nSPS) is 11.5. The molecule has 0 heterocycles. The van der Waals surface area contributed by atoms with Gasteiger partial charge in [0, 0.05) is 0 Å². The Labute approximate surface area is 137 Å². The monoisotopic (exact) mass is 342 g/mol. The van der Waals surface area contributed by atoms with Crippen LogP contribution >= 0.6 is 15.6 Å². The predicted octanol–water partition coefficient (Wildman–Crippen LogP) is 5.26. The SMILES string of the molecule is O=P(Oc1ccccc1)(Oc1ccccc1)Pc1ccccc1. The fourth-order valence-electron chi connectivity index (χ4n) is 1.98. The van der Waals surface area contributed by atoms with E-state index in [9.17, 15) is 4.57 Å². The van der Waals surface area contributed by atoms with E-state index in [4.69, 9.17) is 9.05 Å². The second-order valence-corrected chi connectivity index (χ2v) is 9.26. The highest BCUT2D eigenvalue weighted by Gasteiger charge is 2.28. The highest BCUT2D eigenvalue weighted by Crippen LogP contribution is 2.63. The summed E-state index contributed by atoms with van der Waals surface area (Å²) >= 11 is 0. The quantitative estimate of drug-likeness (QED) is 0.574. The van der Waals surface area contributed by atoms with E-state index in [0.717, 1.165) is 5.30 Å². The molecule has 0 aromatic heterocycles. The molecule has 1 unspecified atom stereocenters. The molecule has 0 bridgehead atoms. The van der Waals surface area contributed by atoms with Crippen molar-refractivity contribution in [3.63, 3.8) is 0 Å². The molecule has 0 amide bonds. The van der Waals surface area contributed by atoms with E-state index in [2.05, 4.69) is 0 Å². The zero-order valence-electron chi connectivity index (χ0n) is 12.3. The van der Waals surface area contributed by atoms with Gasteiger partial charge in [-0.3, -0.25) is 0 Å². The van der Waals surface area contributed by atoms with Crippen molar-refractivity contribution in [2.75, 3.05) is 0 Å². The van der Waals surface area contributed by atoms with Gasteiger partial charge in [0.1, 0.15) is 11.5 Å². The van der Waals surface area contributed by atoms with Crippen molar-refractivity contribution in [1.82, 2.24) is 0 Å². The Kier molecular flexibility index (Phi) is 5.12. The molecule has 3 aromatic rings. The van der Waals surface area contributed by atoms with E-state index in [0.29, 0.717) is 11.5 Å². The zero-order chi connectivity index (χ0) is 16.0. The van der Waals surface area contributed by atoms with Crippen LogP contribution in [0.1, 0.15) is 0 Å². The molecule has 116 valence electrons. The fraction of sp³-hybridized carbons (Fsp3) is 0. The third-order valence-electron chi connectivity index (χ3n) is 2.98. The van der Waals surface area contributed by atoms with E-state index < -0.39 is 7.28 Å². The van der Waals surface area contributed by atoms with E-state index in [-0.39, 0.29) is 8.27 Å². The van der Waals surface area contributed by atoms with Crippen LogP contribution in [0.4, 0.5) is 0 Å². The molecule has 5 heteroatoms.